The van der Waals surface area contributed by atoms with Gasteiger partial charge in [-0.25, -0.2) is 4.98 Å². The maximum absolute atomic E-state index is 5.02. The van der Waals surface area contributed by atoms with E-state index in [1.165, 1.54) is 0 Å². The molecule has 2 nitrogen and oxygen atoms in total. The summed E-state index contributed by atoms with van der Waals surface area (Å²) in [5.41, 5.74) is 1.01. The number of methoxy groups -OCH3 is 1. The first-order valence-corrected chi connectivity index (χ1v) is 5.40. The molecule has 68 valence electrons. The summed E-state index contributed by atoms with van der Waals surface area (Å²) in [5.74, 6) is 0.497. The van der Waals surface area contributed by atoms with Gasteiger partial charge in [0, 0.05) is 13.0 Å². The summed E-state index contributed by atoms with van der Waals surface area (Å²) in [6.45, 7) is 4.87. The van der Waals surface area contributed by atoms with Crippen LogP contribution in [0, 0.1) is 0 Å². The van der Waals surface area contributed by atoms with Crippen LogP contribution in [-0.2, 0) is 11.3 Å². The van der Waals surface area contributed by atoms with Crippen molar-refractivity contribution in [3.63, 3.8) is 0 Å². The molecule has 0 aliphatic heterocycles. The zero-order valence-corrected chi connectivity index (χ0v) is 9.83. The van der Waals surface area contributed by atoms with Crippen molar-refractivity contribution >= 4 is 27.3 Å². The highest BCUT2D eigenvalue weighted by Crippen LogP contribution is 2.29. The number of hydrogen-bond donors (Lipinski definition) is 0. The van der Waals surface area contributed by atoms with E-state index in [4.69, 9.17) is 4.74 Å². The fraction of sp³-hybridized carbons (Fsp3) is 0.625. The van der Waals surface area contributed by atoms with Gasteiger partial charge in [0.15, 0.2) is 0 Å². The van der Waals surface area contributed by atoms with Gasteiger partial charge in [-0.05, 0) is 15.9 Å². The Kier molecular flexibility index (Phi) is 3.68. The number of hydrogen-bond acceptors (Lipinski definition) is 3. The average Bonchev–Trinajstić information content (AvgIpc) is 2.34. The summed E-state index contributed by atoms with van der Waals surface area (Å²) < 4.78 is 6.11. The van der Waals surface area contributed by atoms with Crippen molar-refractivity contribution in [2.24, 2.45) is 0 Å². The Morgan fingerprint density at radius 3 is 2.67 bits per heavy atom. The molecule has 1 aromatic rings. The second-order valence-corrected chi connectivity index (χ2v) is 5.21. The molecule has 1 heterocycles. The monoisotopic (exact) mass is 249 g/mol. The minimum absolute atomic E-state index is 0.497. The molecule has 0 N–H and O–H groups in total. The Morgan fingerprint density at radius 1 is 1.58 bits per heavy atom. The molecule has 0 aliphatic rings. The van der Waals surface area contributed by atoms with Gasteiger partial charge in [-0.2, -0.15) is 0 Å². The molecule has 0 saturated carbocycles. The Hall–Kier alpha value is 0.0700. The fourth-order valence-electron chi connectivity index (χ4n) is 0.823. The highest BCUT2D eigenvalue weighted by molar-refractivity contribution is 9.11. The topological polar surface area (TPSA) is 22.1 Å². The number of aromatic nitrogens is 1. The van der Waals surface area contributed by atoms with Crippen LogP contribution in [0.1, 0.15) is 30.5 Å². The summed E-state index contributed by atoms with van der Waals surface area (Å²) in [6.07, 6.45) is 0. The minimum atomic E-state index is 0.497. The third-order valence-electron chi connectivity index (χ3n) is 1.44. The zero-order chi connectivity index (χ0) is 9.14. The molecule has 0 aromatic carbocycles. The molecular weight excluding hydrogens is 238 g/mol. The molecule has 0 bridgehead atoms. The van der Waals surface area contributed by atoms with Gasteiger partial charge < -0.3 is 4.74 Å². The van der Waals surface area contributed by atoms with E-state index in [9.17, 15) is 0 Å². The minimum Gasteiger partial charge on any atom is -0.378 e. The van der Waals surface area contributed by atoms with Crippen molar-refractivity contribution in [3.05, 3.63) is 14.5 Å². The maximum atomic E-state index is 5.02. The van der Waals surface area contributed by atoms with Crippen molar-refractivity contribution in [2.45, 2.75) is 26.4 Å². The molecule has 1 rings (SSSR count). The predicted octanol–water partition coefficient (Wildman–Crippen LogP) is 3.18. The predicted molar refractivity (Wildman–Crippen MR) is 54.6 cm³/mol. The van der Waals surface area contributed by atoms with Gasteiger partial charge in [0.1, 0.15) is 0 Å². The first-order valence-electron chi connectivity index (χ1n) is 3.79. The lowest BCUT2D eigenvalue weighted by Gasteiger charge is -1.96. The van der Waals surface area contributed by atoms with Crippen molar-refractivity contribution in [1.82, 2.24) is 4.98 Å². The summed E-state index contributed by atoms with van der Waals surface area (Å²) in [4.78, 5) is 4.45. The molecule has 0 radical (unpaired) electrons. The molecule has 0 fully saturated rings. The number of rotatable bonds is 3. The quantitative estimate of drug-likeness (QED) is 0.821. The van der Waals surface area contributed by atoms with Gasteiger partial charge in [-0.15, -0.1) is 11.3 Å². The van der Waals surface area contributed by atoms with Crippen LogP contribution in [0.3, 0.4) is 0 Å². The van der Waals surface area contributed by atoms with E-state index in [-0.39, 0.29) is 0 Å². The van der Waals surface area contributed by atoms with Gasteiger partial charge in [-0.1, -0.05) is 13.8 Å². The largest absolute Gasteiger partial charge is 0.378 e. The van der Waals surface area contributed by atoms with Crippen LogP contribution >= 0.6 is 27.3 Å². The smallest absolute Gasteiger partial charge is 0.0966 e. The third-order valence-corrected chi connectivity index (χ3v) is 3.57. The van der Waals surface area contributed by atoms with Crippen LogP contribution in [0.15, 0.2) is 3.79 Å². The van der Waals surface area contributed by atoms with Gasteiger partial charge in [0.05, 0.1) is 21.1 Å². The lowest BCUT2D eigenvalue weighted by Crippen LogP contribution is -1.90. The van der Waals surface area contributed by atoms with Crippen LogP contribution < -0.4 is 0 Å². The second-order valence-electron chi connectivity index (χ2n) is 2.86. The first kappa shape index (κ1) is 10.2. The Labute approximate surface area is 85.1 Å². The second kappa shape index (κ2) is 4.35. The molecule has 0 amide bonds. The fourth-order valence-corrected chi connectivity index (χ4v) is 2.32. The molecule has 12 heavy (non-hydrogen) atoms. The highest BCUT2D eigenvalue weighted by atomic mass is 79.9. The summed E-state index contributed by atoms with van der Waals surface area (Å²) in [5, 5.41) is 1.16. The van der Waals surface area contributed by atoms with E-state index in [0.29, 0.717) is 12.5 Å². The molecular formula is C8H12BrNOS. The van der Waals surface area contributed by atoms with Crippen LogP contribution in [0.4, 0.5) is 0 Å². The number of thiazole rings is 1. The SMILES string of the molecule is COCc1nc(C(C)C)sc1Br. The molecule has 0 aliphatic carbocycles. The third kappa shape index (κ3) is 2.28. The van der Waals surface area contributed by atoms with Crippen LogP contribution in [-0.4, -0.2) is 12.1 Å². The van der Waals surface area contributed by atoms with Gasteiger partial charge in [-0.3, -0.25) is 0 Å². The summed E-state index contributed by atoms with van der Waals surface area (Å²) >= 11 is 5.15. The van der Waals surface area contributed by atoms with E-state index in [1.807, 2.05) is 0 Å². The number of nitrogens with zero attached hydrogens (tertiary/aromatic N) is 1. The van der Waals surface area contributed by atoms with E-state index < -0.39 is 0 Å². The first-order chi connectivity index (χ1) is 5.65. The standard InChI is InChI=1S/C8H12BrNOS/c1-5(2)8-10-6(4-11-3)7(9)12-8/h5H,4H2,1-3H3. The van der Waals surface area contributed by atoms with E-state index in [0.717, 1.165) is 14.5 Å². The van der Waals surface area contributed by atoms with E-state index in [2.05, 4.69) is 34.8 Å². The van der Waals surface area contributed by atoms with Gasteiger partial charge in [0.2, 0.25) is 0 Å². The highest BCUT2D eigenvalue weighted by Gasteiger charge is 2.10. The summed E-state index contributed by atoms with van der Waals surface area (Å²) in [7, 11) is 1.68. The Morgan fingerprint density at radius 2 is 2.25 bits per heavy atom. The van der Waals surface area contributed by atoms with Crippen molar-refractivity contribution in [2.75, 3.05) is 7.11 Å². The summed E-state index contributed by atoms with van der Waals surface area (Å²) in [6, 6.07) is 0. The van der Waals surface area contributed by atoms with Gasteiger partial charge >= 0.3 is 0 Å². The molecule has 0 unspecified atom stereocenters. The van der Waals surface area contributed by atoms with Gasteiger partial charge in [0.25, 0.3) is 0 Å². The molecule has 0 spiro atoms. The number of halogens is 1. The van der Waals surface area contributed by atoms with Crippen LogP contribution in [0.25, 0.3) is 0 Å². The van der Waals surface area contributed by atoms with Crippen LogP contribution in [0.5, 0.6) is 0 Å². The van der Waals surface area contributed by atoms with Crippen molar-refractivity contribution < 1.29 is 4.74 Å². The average molecular weight is 250 g/mol. The Balaban J connectivity index is 2.85. The normalized spacial score (nSPS) is 11.1. The maximum Gasteiger partial charge on any atom is 0.0966 e. The van der Waals surface area contributed by atoms with E-state index in [1.54, 1.807) is 18.4 Å². The van der Waals surface area contributed by atoms with Crippen molar-refractivity contribution in [3.8, 4) is 0 Å². The molecule has 1 aromatic heterocycles. The van der Waals surface area contributed by atoms with Crippen molar-refractivity contribution in [1.29, 1.82) is 0 Å². The lowest BCUT2D eigenvalue weighted by molar-refractivity contribution is 0.181. The van der Waals surface area contributed by atoms with Crippen LogP contribution in [0.2, 0.25) is 0 Å². The molecule has 0 atom stereocenters. The lowest BCUT2D eigenvalue weighted by atomic mass is 10.2. The van der Waals surface area contributed by atoms with E-state index >= 15 is 0 Å². The zero-order valence-electron chi connectivity index (χ0n) is 7.43. The molecule has 4 heteroatoms. The Bertz CT molecular complexity index is 260. The number of ether oxygens (including phenoxy) is 1. The molecule has 0 saturated heterocycles.